The van der Waals surface area contributed by atoms with E-state index >= 15 is 0 Å². The number of hydrogen-bond acceptors (Lipinski definition) is 3. The summed E-state index contributed by atoms with van der Waals surface area (Å²) in [5.74, 6) is 2.21. The standard InChI is InChI=1S/C23H30N2S3/c26-23(24-16-7-17-27-21-8-3-1-4-9-21)25-20-14-12-19(13-15-20)18-28-22-10-5-2-6-11-22/h2,5-6,10-15,21H,1,3-4,7-9,16-18H2,(H2,24,25,26). The van der Waals surface area contributed by atoms with Gasteiger partial charge in [-0.3, -0.25) is 0 Å². The second-order valence-corrected chi connectivity index (χ2v) is 10.0. The van der Waals surface area contributed by atoms with Crippen LogP contribution in [-0.2, 0) is 5.75 Å². The highest BCUT2D eigenvalue weighted by molar-refractivity contribution is 7.99. The molecule has 2 nitrogen and oxygen atoms in total. The molecule has 0 radical (unpaired) electrons. The first-order chi connectivity index (χ1) is 13.8. The molecular formula is C23H30N2S3. The van der Waals surface area contributed by atoms with Crippen molar-refractivity contribution < 1.29 is 0 Å². The van der Waals surface area contributed by atoms with Crippen molar-refractivity contribution >= 4 is 46.5 Å². The van der Waals surface area contributed by atoms with Crippen molar-refractivity contribution in [1.82, 2.24) is 5.32 Å². The highest BCUT2D eigenvalue weighted by Gasteiger charge is 2.12. The zero-order chi connectivity index (χ0) is 19.4. The quantitative estimate of drug-likeness (QED) is 0.261. The third-order valence-corrected chi connectivity index (χ3v) is 7.67. The first-order valence-electron chi connectivity index (χ1n) is 10.2. The van der Waals surface area contributed by atoms with Gasteiger partial charge in [0.1, 0.15) is 0 Å². The SMILES string of the molecule is S=C(NCCCSC1CCCCC1)Nc1ccc(CSc2ccccc2)cc1. The van der Waals surface area contributed by atoms with E-state index in [-0.39, 0.29) is 0 Å². The molecule has 0 atom stereocenters. The molecule has 0 unspecified atom stereocenters. The number of rotatable bonds is 9. The average Bonchev–Trinajstić information content (AvgIpc) is 2.74. The van der Waals surface area contributed by atoms with Gasteiger partial charge < -0.3 is 10.6 Å². The van der Waals surface area contributed by atoms with Crippen molar-refractivity contribution in [2.24, 2.45) is 0 Å². The van der Waals surface area contributed by atoms with E-state index in [1.165, 1.54) is 54.7 Å². The largest absolute Gasteiger partial charge is 0.362 e. The van der Waals surface area contributed by atoms with Crippen molar-refractivity contribution in [2.45, 2.75) is 54.4 Å². The minimum atomic E-state index is 0.717. The van der Waals surface area contributed by atoms with Gasteiger partial charge in [0.2, 0.25) is 0 Å². The first-order valence-corrected chi connectivity index (χ1v) is 12.7. The molecule has 1 fully saturated rings. The van der Waals surface area contributed by atoms with Gasteiger partial charge in [-0.25, -0.2) is 0 Å². The summed E-state index contributed by atoms with van der Waals surface area (Å²) >= 11 is 9.44. The minimum Gasteiger partial charge on any atom is -0.362 e. The predicted octanol–water partition coefficient (Wildman–Crippen LogP) is 6.72. The summed E-state index contributed by atoms with van der Waals surface area (Å²) in [5, 5.41) is 8.24. The van der Waals surface area contributed by atoms with Crippen molar-refractivity contribution in [3.05, 3.63) is 60.2 Å². The Morgan fingerprint density at radius 2 is 1.71 bits per heavy atom. The molecule has 5 heteroatoms. The Morgan fingerprint density at radius 1 is 0.964 bits per heavy atom. The molecule has 2 N–H and O–H groups in total. The third kappa shape index (κ3) is 8.06. The molecule has 0 aromatic heterocycles. The molecule has 1 saturated carbocycles. The number of thioether (sulfide) groups is 2. The van der Waals surface area contributed by atoms with Crippen molar-refractivity contribution in [2.75, 3.05) is 17.6 Å². The molecule has 3 rings (SSSR count). The lowest BCUT2D eigenvalue weighted by Gasteiger charge is -2.20. The summed E-state index contributed by atoms with van der Waals surface area (Å²) < 4.78 is 0. The molecule has 0 heterocycles. The van der Waals surface area contributed by atoms with E-state index < -0.39 is 0 Å². The summed E-state index contributed by atoms with van der Waals surface area (Å²) in [7, 11) is 0. The van der Waals surface area contributed by atoms with Crippen molar-refractivity contribution in [3.8, 4) is 0 Å². The highest BCUT2D eigenvalue weighted by Crippen LogP contribution is 2.28. The van der Waals surface area contributed by atoms with Gasteiger partial charge in [-0.15, -0.1) is 11.8 Å². The Morgan fingerprint density at radius 3 is 2.46 bits per heavy atom. The van der Waals surface area contributed by atoms with Gasteiger partial charge in [-0.05, 0) is 67.1 Å². The first kappa shape index (κ1) is 21.5. The molecule has 1 aliphatic carbocycles. The zero-order valence-corrected chi connectivity index (χ0v) is 18.8. The van der Waals surface area contributed by atoms with E-state index in [9.17, 15) is 0 Å². The number of thiocarbonyl (C=S) groups is 1. The lowest BCUT2D eigenvalue weighted by molar-refractivity contribution is 0.516. The second kappa shape index (κ2) is 12.4. The smallest absolute Gasteiger partial charge is 0.170 e. The normalized spacial score (nSPS) is 14.6. The van der Waals surface area contributed by atoms with Crippen molar-refractivity contribution in [1.29, 1.82) is 0 Å². The lowest BCUT2D eigenvalue weighted by atomic mass is 10.0. The van der Waals surface area contributed by atoms with Gasteiger partial charge in [-0.1, -0.05) is 49.6 Å². The van der Waals surface area contributed by atoms with Crippen LogP contribution in [0.1, 0.15) is 44.1 Å². The summed E-state index contributed by atoms with van der Waals surface area (Å²) in [5.41, 5.74) is 2.36. The molecule has 28 heavy (non-hydrogen) atoms. The summed E-state index contributed by atoms with van der Waals surface area (Å²) in [4.78, 5) is 1.30. The Bertz CT molecular complexity index is 698. The average molecular weight is 431 g/mol. The van der Waals surface area contributed by atoms with E-state index in [1.54, 1.807) is 0 Å². The van der Waals surface area contributed by atoms with Crippen LogP contribution in [0.5, 0.6) is 0 Å². The molecule has 150 valence electrons. The van der Waals surface area contributed by atoms with Crippen LogP contribution in [0.4, 0.5) is 5.69 Å². The number of anilines is 1. The third-order valence-electron chi connectivity index (χ3n) is 4.87. The predicted molar refractivity (Wildman–Crippen MR) is 131 cm³/mol. The molecular weight excluding hydrogens is 400 g/mol. The van der Waals surface area contributed by atoms with Crippen LogP contribution < -0.4 is 10.6 Å². The van der Waals surface area contributed by atoms with Crippen LogP contribution in [0.25, 0.3) is 0 Å². The Balaban J connectivity index is 1.29. The van der Waals surface area contributed by atoms with Crippen LogP contribution in [0.3, 0.4) is 0 Å². The number of hydrogen-bond donors (Lipinski definition) is 2. The van der Waals surface area contributed by atoms with Gasteiger partial charge in [0.15, 0.2) is 5.11 Å². The maximum absolute atomic E-state index is 5.43. The second-order valence-electron chi connectivity index (χ2n) is 7.16. The zero-order valence-electron chi connectivity index (χ0n) is 16.4. The maximum Gasteiger partial charge on any atom is 0.170 e. The number of nitrogens with one attached hydrogen (secondary N) is 2. The van der Waals surface area contributed by atoms with E-state index in [4.69, 9.17) is 12.2 Å². The summed E-state index contributed by atoms with van der Waals surface area (Å²) in [6.07, 6.45) is 8.28. The van der Waals surface area contributed by atoms with E-state index in [0.717, 1.165) is 23.2 Å². The Kier molecular flexibility index (Phi) is 9.54. The molecule has 0 saturated heterocycles. The Hall–Kier alpha value is -1.17. The topological polar surface area (TPSA) is 24.1 Å². The monoisotopic (exact) mass is 430 g/mol. The molecule has 1 aliphatic rings. The fourth-order valence-corrected chi connectivity index (χ4v) is 5.71. The fourth-order valence-electron chi connectivity index (χ4n) is 3.30. The lowest BCUT2D eigenvalue weighted by Crippen LogP contribution is -2.29. The van der Waals surface area contributed by atoms with E-state index in [0.29, 0.717) is 5.11 Å². The molecule has 0 aliphatic heterocycles. The molecule has 2 aromatic carbocycles. The highest BCUT2D eigenvalue weighted by atomic mass is 32.2. The van der Waals surface area contributed by atoms with Crippen LogP contribution in [0.2, 0.25) is 0 Å². The van der Waals surface area contributed by atoms with Crippen LogP contribution in [0.15, 0.2) is 59.5 Å². The maximum atomic E-state index is 5.43. The molecule has 2 aromatic rings. The van der Waals surface area contributed by atoms with Gasteiger partial charge in [0, 0.05) is 28.1 Å². The minimum absolute atomic E-state index is 0.717. The van der Waals surface area contributed by atoms with Gasteiger partial charge >= 0.3 is 0 Å². The summed E-state index contributed by atoms with van der Waals surface area (Å²) in [6.45, 7) is 0.942. The van der Waals surface area contributed by atoms with Gasteiger partial charge in [0.05, 0.1) is 0 Å². The van der Waals surface area contributed by atoms with Crippen LogP contribution >= 0.6 is 35.7 Å². The Labute approximate surface area is 183 Å². The molecule has 0 amide bonds. The molecule has 0 bridgehead atoms. The molecule has 0 spiro atoms. The van der Waals surface area contributed by atoms with E-state index in [2.05, 4.69) is 77.0 Å². The van der Waals surface area contributed by atoms with E-state index in [1.807, 2.05) is 11.8 Å². The van der Waals surface area contributed by atoms with Gasteiger partial charge in [0.25, 0.3) is 0 Å². The number of benzene rings is 2. The summed E-state index contributed by atoms with van der Waals surface area (Å²) in [6, 6.07) is 19.1. The van der Waals surface area contributed by atoms with Crippen LogP contribution in [0, 0.1) is 0 Å². The van der Waals surface area contributed by atoms with Crippen molar-refractivity contribution in [3.63, 3.8) is 0 Å². The van der Waals surface area contributed by atoms with Gasteiger partial charge in [-0.2, -0.15) is 11.8 Å². The fraction of sp³-hybridized carbons (Fsp3) is 0.435. The van der Waals surface area contributed by atoms with Crippen LogP contribution in [-0.4, -0.2) is 22.7 Å².